The zero-order chi connectivity index (χ0) is 24.1. The Kier molecular flexibility index (Phi) is 10.5. The van der Waals surface area contributed by atoms with Gasteiger partial charge in [0.1, 0.15) is 0 Å². The third-order valence-electron chi connectivity index (χ3n) is 4.35. The number of rotatable bonds is 9. The molecule has 9 nitrogen and oxygen atoms in total. The molecule has 2 aromatic carbocycles. The summed E-state index contributed by atoms with van der Waals surface area (Å²) in [6.45, 7) is 1.98. The maximum atomic E-state index is 12.1. The fourth-order valence-electron chi connectivity index (χ4n) is 2.58. The van der Waals surface area contributed by atoms with Crippen LogP contribution < -0.4 is 21.5 Å². The van der Waals surface area contributed by atoms with E-state index in [0.29, 0.717) is 24.1 Å². The molecule has 2 rings (SSSR count). The Balaban J connectivity index is 1.63. The van der Waals surface area contributed by atoms with E-state index in [1.165, 1.54) is 12.1 Å². The van der Waals surface area contributed by atoms with Gasteiger partial charge in [0.2, 0.25) is 11.8 Å². The van der Waals surface area contributed by atoms with Crippen molar-refractivity contribution in [2.75, 3.05) is 11.9 Å². The van der Waals surface area contributed by atoms with Crippen LogP contribution in [-0.2, 0) is 25.5 Å². The van der Waals surface area contributed by atoms with Crippen LogP contribution in [-0.4, -0.2) is 35.4 Å². The van der Waals surface area contributed by atoms with Crippen molar-refractivity contribution in [1.82, 2.24) is 16.2 Å². The summed E-state index contributed by atoms with van der Waals surface area (Å²) in [7, 11) is 0. The van der Waals surface area contributed by atoms with Gasteiger partial charge in [0.15, 0.2) is 5.11 Å². The Morgan fingerprint density at radius 2 is 1.58 bits per heavy atom. The minimum atomic E-state index is -0.488. The number of esters is 1. The van der Waals surface area contributed by atoms with Gasteiger partial charge in [0.05, 0.1) is 13.0 Å². The lowest BCUT2D eigenvalue weighted by atomic mass is 10.2. The van der Waals surface area contributed by atoms with Gasteiger partial charge in [-0.15, -0.1) is 0 Å². The molecule has 0 aliphatic rings. The molecule has 174 valence electrons. The van der Waals surface area contributed by atoms with Crippen LogP contribution >= 0.6 is 12.2 Å². The molecule has 0 atom stereocenters. The van der Waals surface area contributed by atoms with Crippen LogP contribution in [0, 0.1) is 0 Å². The van der Waals surface area contributed by atoms with E-state index in [4.69, 9.17) is 17.0 Å². The molecule has 3 amide bonds. The maximum absolute atomic E-state index is 12.1. The third-order valence-corrected chi connectivity index (χ3v) is 4.55. The average molecular weight is 471 g/mol. The second-order valence-corrected chi connectivity index (χ2v) is 7.30. The van der Waals surface area contributed by atoms with Gasteiger partial charge in [-0.25, -0.2) is 0 Å². The van der Waals surface area contributed by atoms with E-state index in [9.17, 15) is 19.2 Å². The normalized spacial score (nSPS) is 9.97. The molecule has 0 fully saturated rings. The SMILES string of the molecule is CCC(=O)Nc1ccc(C(=O)NNC(=S)NC(=O)CCC(=O)OCCc2ccccc2)cc1. The number of amides is 3. The summed E-state index contributed by atoms with van der Waals surface area (Å²) in [6, 6.07) is 15.9. The number of benzene rings is 2. The number of carbonyl (C=O) groups excluding carboxylic acids is 4. The molecule has 0 aliphatic heterocycles. The van der Waals surface area contributed by atoms with E-state index in [1.807, 2.05) is 30.3 Å². The quantitative estimate of drug-likeness (QED) is 0.252. The lowest BCUT2D eigenvalue weighted by Crippen LogP contribution is -2.48. The summed E-state index contributed by atoms with van der Waals surface area (Å²) in [5.41, 5.74) is 6.74. The molecule has 0 saturated heterocycles. The number of carbonyl (C=O) groups is 4. The first-order chi connectivity index (χ1) is 15.9. The predicted molar refractivity (Wildman–Crippen MR) is 127 cm³/mol. The van der Waals surface area contributed by atoms with Gasteiger partial charge in [-0.2, -0.15) is 0 Å². The summed E-state index contributed by atoms with van der Waals surface area (Å²) in [5, 5.41) is 4.94. The van der Waals surface area contributed by atoms with Crippen molar-refractivity contribution in [2.45, 2.75) is 32.6 Å². The average Bonchev–Trinajstić information content (AvgIpc) is 2.82. The van der Waals surface area contributed by atoms with E-state index < -0.39 is 17.8 Å². The molecule has 0 radical (unpaired) electrons. The zero-order valence-corrected chi connectivity index (χ0v) is 19.0. The van der Waals surface area contributed by atoms with E-state index in [0.717, 1.165) is 5.56 Å². The number of hydrazine groups is 1. The molecule has 0 saturated carbocycles. The van der Waals surface area contributed by atoms with Crippen LogP contribution in [0.25, 0.3) is 0 Å². The van der Waals surface area contributed by atoms with Gasteiger partial charge in [-0.3, -0.25) is 30.0 Å². The summed E-state index contributed by atoms with van der Waals surface area (Å²) in [6.07, 6.45) is 0.759. The molecular weight excluding hydrogens is 444 g/mol. The summed E-state index contributed by atoms with van der Waals surface area (Å²) in [4.78, 5) is 47.2. The topological polar surface area (TPSA) is 126 Å². The fourth-order valence-corrected chi connectivity index (χ4v) is 2.74. The number of thiocarbonyl (C=S) groups is 1. The molecule has 0 unspecified atom stereocenters. The molecule has 0 aromatic heterocycles. The lowest BCUT2D eigenvalue weighted by Gasteiger charge is -2.11. The fraction of sp³-hybridized carbons (Fsp3) is 0.261. The summed E-state index contributed by atoms with van der Waals surface area (Å²) < 4.78 is 5.12. The van der Waals surface area contributed by atoms with E-state index >= 15 is 0 Å². The standard InChI is InChI=1S/C23H26N4O5S/c1-2-19(28)24-18-10-8-17(9-11-18)22(31)26-27-23(33)25-20(29)12-13-21(30)32-15-14-16-6-4-3-5-7-16/h3-11H,2,12-15H2,1H3,(H,24,28)(H,26,31)(H2,25,27,29,33). The van der Waals surface area contributed by atoms with Crippen LogP contribution in [0.5, 0.6) is 0 Å². The first-order valence-electron chi connectivity index (χ1n) is 10.4. The molecule has 0 heterocycles. The number of nitrogens with one attached hydrogen (secondary N) is 4. The van der Waals surface area contributed by atoms with Gasteiger partial charge in [-0.1, -0.05) is 37.3 Å². The van der Waals surface area contributed by atoms with Crippen LogP contribution in [0.3, 0.4) is 0 Å². The minimum Gasteiger partial charge on any atom is -0.465 e. The summed E-state index contributed by atoms with van der Waals surface area (Å²) in [5.74, 6) is -1.58. The Bertz CT molecular complexity index is 980. The predicted octanol–water partition coefficient (Wildman–Crippen LogP) is 2.24. The number of hydrogen-bond donors (Lipinski definition) is 4. The third kappa shape index (κ3) is 9.92. The first-order valence-corrected chi connectivity index (χ1v) is 10.8. The van der Waals surface area contributed by atoms with Crippen LogP contribution in [0.2, 0.25) is 0 Å². The number of ether oxygens (including phenoxy) is 1. The summed E-state index contributed by atoms with van der Waals surface area (Å²) >= 11 is 4.96. The van der Waals surface area contributed by atoms with Crippen LogP contribution in [0.1, 0.15) is 42.1 Å². The maximum Gasteiger partial charge on any atom is 0.306 e. The van der Waals surface area contributed by atoms with Gasteiger partial charge in [-0.05, 0) is 42.0 Å². The highest BCUT2D eigenvalue weighted by molar-refractivity contribution is 7.80. The number of hydrogen-bond acceptors (Lipinski definition) is 6. The van der Waals surface area contributed by atoms with Gasteiger partial charge < -0.3 is 15.4 Å². The minimum absolute atomic E-state index is 0.0868. The molecule has 10 heteroatoms. The van der Waals surface area contributed by atoms with Crippen molar-refractivity contribution < 1.29 is 23.9 Å². The Labute approximate surface area is 197 Å². The molecule has 0 spiro atoms. The number of anilines is 1. The highest BCUT2D eigenvalue weighted by Gasteiger charge is 2.11. The molecule has 4 N–H and O–H groups in total. The van der Waals surface area contributed by atoms with E-state index in [-0.39, 0.29) is 30.5 Å². The van der Waals surface area contributed by atoms with Crippen molar-refractivity contribution in [3.8, 4) is 0 Å². The van der Waals surface area contributed by atoms with Gasteiger partial charge in [0.25, 0.3) is 5.91 Å². The van der Waals surface area contributed by atoms with Crippen molar-refractivity contribution in [3.05, 3.63) is 65.7 Å². The largest absolute Gasteiger partial charge is 0.465 e. The molecule has 33 heavy (non-hydrogen) atoms. The van der Waals surface area contributed by atoms with E-state index in [2.05, 4.69) is 21.5 Å². The Morgan fingerprint density at radius 1 is 0.879 bits per heavy atom. The molecule has 0 aliphatic carbocycles. The highest BCUT2D eigenvalue weighted by atomic mass is 32.1. The Morgan fingerprint density at radius 3 is 2.24 bits per heavy atom. The smallest absolute Gasteiger partial charge is 0.306 e. The van der Waals surface area contributed by atoms with Crippen molar-refractivity contribution >= 4 is 46.7 Å². The van der Waals surface area contributed by atoms with Crippen LogP contribution in [0.15, 0.2) is 54.6 Å². The monoisotopic (exact) mass is 470 g/mol. The van der Waals surface area contributed by atoms with Gasteiger partial charge in [0, 0.05) is 30.5 Å². The first kappa shape index (κ1) is 25.5. The highest BCUT2D eigenvalue weighted by Crippen LogP contribution is 2.09. The molecular formula is C23H26N4O5S. The van der Waals surface area contributed by atoms with Crippen molar-refractivity contribution in [2.24, 2.45) is 0 Å². The van der Waals surface area contributed by atoms with Crippen LogP contribution in [0.4, 0.5) is 5.69 Å². The Hall–Kier alpha value is -3.79. The van der Waals surface area contributed by atoms with E-state index in [1.54, 1.807) is 19.1 Å². The molecule has 0 bridgehead atoms. The zero-order valence-electron chi connectivity index (χ0n) is 18.2. The lowest BCUT2D eigenvalue weighted by molar-refractivity contribution is -0.144. The second-order valence-electron chi connectivity index (χ2n) is 6.89. The van der Waals surface area contributed by atoms with Crippen molar-refractivity contribution in [1.29, 1.82) is 0 Å². The molecule has 2 aromatic rings. The second kappa shape index (κ2) is 13.6. The van der Waals surface area contributed by atoms with Gasteiger partial charge >= 0.3 is 5.97 Å². The van der Waals surface area contributed by atoms with Crippen molar-refractivity contribution in [3.63, 3.8) is 0 Å².